The van der Waals surface area contributed by atoms with E-state index < -0.39 is 5.97 Å². The maximum Gasteiger partial charge on any atom is 0.307 e. The number of carboxylic acid groups (broad SMARTS) is 1. The Morgan fingerprint density at radius 2 is 1.73 bits per heavy atom. The van der Waals surface area contributed by atoms with Crippen LogP contribution in [0.4, 0.5) is 0 Å². The molecule has 0 unspecified atom stereocenters. The molecule has 0 aliphatic carbocycles. The second-order valence-corrected chi connectivity index (χ2v) is 4.17. The maximum absolute atomic E-state index is 10.3. The third kappa shape index (κ3) is 11.1. The van der Waals surface area contributed by atoms with Crippen molar-refractivity contribution in [2.45, 2.75) is 65.2 Å². The molecular weight excluding hydrogens is 188 g/mol. The van der Waals surface area contributed by atoms with Crippen molar-refractivity contribution in [2.24, 2.45) is 0 Å². The quantitative estimate of drug-likeness (QED) is 0.460. The number of hydrogen-bond donors (Lipinski definition) is 1. The molecule has 0 spiro atoms. The van der Waals surface area contributed by atoms with Gasteiger partial charge in [-0.05, 0) is 19.8 Å². The zero-order valence-corrected chi connectivity index (χ0v) is 10.1. The summed E-state index contributed by atoms with van der Waals surface area (Å²) in [7, 11) is 0. The Hall–Kier alpha value is -0.790. The van der Waals surface area contributed by atoms with Crippen molar-refractivity contribution in [2.75, 3.05) is 0 Å². The van der Waals surface area contributed by atoms with Crippen molar-refractivity contribution in [3.8, 4) is 0 Å². The predicted molar refractivity (Wildman–Crippen MR) is 64.0 cm³/mol. The fraction of sp³-hybridized carbons (Fsp3) is 0.769. The van der Waals surface area contributed by atoms with Crippen LogP contribution in [-0.2, 0) is 4.79 Å². The summed E-state index contributed by atoms with van der Waals surface area (Å²) in [6, 6.07) is 0. The van der Waals surface area contributed by atoms with E-state index in [4.69, 9.17) is 5.11 Å². The van der Waals surface area contributed by atoms with E-state index in [1.807, 2.05) is 13.0 Å². The van der Waals surface area contributed by atoms with Crippen molar-refractivity contribution in [3.63, 3.8) is 0 Å². The summed E-state index contributed by atoms with van der Waals surface area (Å²) in [5.74, 6) is -0.739. The summed E-state index contributed by atoms with van der Waals surface area (Å²) in [4.78, 5) is 10.3. The summed E-state index contributed by atoms with van der Waals surface area (Å²) >= 11 is 0. The first-order valence-electron chi connectivity index (χ1n) is 6.04. The molecule has 88 valence electrons. The lowest BCUT2D eigenvalue weighted by Gasteiger charge is -2.01. The van der Waals surface area contributed by atoms with Gasteiger partial charge in [-0.15, -0.1) is 0 Å². The van der Waals surface area contributed by atoms with Crippen LogP contribution >= 0.6 is 0 Å². The van der Waals surface area contributed by atoms with Crippen LogP contribution in [0.1, 0.15) is 65.2 Å². The Bertz CT molecular complexity index is 195. The molecule has 0 amide bonds. The Balaban J connectivity index is 3.34. The third-order valence-corrected chi connectivity index (χ3v) is 2.55. The molecule has 0 aliphatic rings. The van der Waals surface area contributed by atoms with Gasteiger partial charge in [0.15, 0.2) is 0 Å². The highest BCUT2D eigenvalue weighted by molar-refractivity contribution is 5.68. The van der Waals surface area contributed by atoms with E-state index in [9.17, 15) is 4.79 Å². The molecule has 1 N–H and O–H groups in total. The highest BCUT2D eigenvalue weighted by atomic mass is 16.4. The van der Waals surface area contributed by atoms with Gasteiger partial charge in [0, 0.05) is 0 Å². The summed E-state index contributed by atoms with van der Waals surface area (Å²) in [6.07, 6.45) is 10.8. The van der Waals surface area contributed by atoms with Crippen molar-refractivity contribution >= 4 is 5.97 Å². The van der Waals surface area contributed by atoms with Gasteiger partial charge in [-0.3, -0.25) is 4.79 Å². The van der Waals surface area contributed by atoms with Gasteiger partial charge in [0.2, 0.25) is 0 Å². The van der Waals surface area contributed by atoms with Crippen molar-refractivity contribution in [3.05, 3.63) is 11.6 Å². The minimum absolute atomic E-state index is 0.168. The molecule has 2 heteroatoms. The molecule has 0 fully saturated rings. The van der Waals surface area contributed by atoms with Crippen LogP contribution in [0.15, 0.2) is 11.6 Å². The van der Waals surface area contributed by atoms with Gasteiger partial charge in [-0.2, -0.15) is 0 Å². The molecule has 0 bridgehead atoms. The number of carboxylic acids is 1. The first kappa shape index (κ1) is 14.2. The molecule has 0 aromatic rings. The fourth-order valence-corrected chi connectivity index (χ4v) is 1.55. The summed E-state index contributed by atoms with van der Waals surface area (Å²) in [6.45, 7) is 4.24. The van der Waals surface area contributed by atoms with Crippen LogP contribution in [0.5, 0.6) is 0 Å². The lowest BCUT2D eigenvalue weighted by molar-refractivity contribution is -0.136. The van der Waals surface area contributed by atoms with E-state index >= 15 is 0 Å². The minimum Gasteiger partial charge on any atom is -0.481 e. The second kappa shape index (κ2) is 9.75. The molecule has 0 aliphatic heterocycles. The number of hydrogen-bond acceptors (Lipinski definition) is 1. The normalized spacial score (nSPS) is 11.7. The number of rotatable bonds is 9. The van der Waals surface area contributed by atoms with Gasteiger partial charge in [0.25, 0.3) is 0 Å². The van der Waals surface area contributed by atoms with Crippen LogP contribution in [0.3, 0.4) is 0 Å². The van der Waals surface area contributed by atoms with Crippen molar-refractivity contribution in [1.82, 2.24) is 0 Å². The van der Waals surface area contributed by atoms with E-state index in [1.165, 1.54) is 44.1 Å². The van der Waals surface area contributed by atoms with Crippen LogP contribution in [-0.4, -0.2) is 11.1 Å². The smallest absolute Gasteiger partial charge is 0.307 e. The Morgan fingerprint density at radius 3 is 2.33 bits per heavy atom. The highest BCUT2D eigenvalue weighted by Crippen LogP contribution is 2.11. The van der Waals surface area contributed by atoms with Gasteiger partial charge in [0.05, 0.1) is 6.42 Å². The number of allylic oxidation sites excluding steroid dienone is 1. The SMILES string of the molecule is CCCCCCCCC(C)=CCC(=O)O. The van der Waals surface area contributed by atoms with Crippen LogP contribution in [0.2, 0.25) is 0 Å². The lowest BCUT2D eigenvalue weighted by atomic mass is 10.1. The molecule has 0 rings (SSSR count). The molecular formula is C13H24O2. The average Bonchev–Trinajstić information content (AvgIpc) is 2.20. The Morgan fingerprint density at radius 1 is 1.13 bits per heavy atom. The van der Waals surface area contributed by atoms with E-state index in [0.29, 0.717) is 0 Å². The molecule has 0 radical (unpaired) electrons. The number of carbonyl (C=O) groups is 1. The van der Waals surface area contributed by atoms with E-state index in [0.717, 1.165) is 6.42 Å². The first-order chi connectivity index (χ1) is 7.16. The van der Waals surface area contributed by atoms with Crippen molar-refractivity contribution in [1.29, 1.82) is 0 Å². The first-order valence-corrected chi connectivity index (χ1v) is 6.04. The number of unbranched alkanes of at least 4 members (excludes halogenated alkanes) is 5. The standard InChI is InChI=1S/C13H24O2/c1-3-4-5-6-7-8-9-12(2)10-11-13(14)15/h10H,3-9,11H2,1-2H3,(H,14,15). The van der Waals surface area contributed by atoms with Crippen LogP contribution in [0.25, 0.3) is 0 Å². The van der Waals surface area contributed by atoms with Crippen LogP contribution < -0.4 is 0 Å². The van der Waals surface area contributed by atoms with Crippen molar-refractivity contribution < 1.29 is 9.90 Å². The average molecular weight is 212 g/mol. The summed E-state index contributed by atoms with van der Waals surface area (Å²) < 4.78 is 0. The lowest BCUT2D eigenvalue weighted by Crippen LogP contribution is -1.91. The maximum atomic E-state index is 10.3. The molecule has 0 heterocycles. The largest absolute Gasteiger partial charge is 0.481 e. The van der Waals surface area contributed by atoms with Gasteiger partial charge in [-0.25, -0.2) is 0 Å². The molecule has 0 saturated heterocycles. The monoisotopic (exact) mass is 212 g/mol. The van der Waals surface area contributed by atoms with Gasteiger partial charge < -0.3 is 5.11 Å². The molecule has 0 aromatic carbocycles. The van der Waals surface area contributed by atoms with Crippen LogP contribution in [0, 0.1) is 0 Å². The fourth-order valence-electron chi connectivity index (χ4n) is 1.55. The number of aliphatic carboxylic acids is 1. The van der Waals surface area contributed by atoms with E-state index in [-0.39, 0.29) is 6.42 Å². The molecule has 15 heavy (non-hydrogen) atoms. The second-order valence-electron chi connectivity index (χ2n) is 4.17. The Kier molecular flexibility index (Phi) is 9.24. The van der Waals surface area contributed by atoms with Gasteiger partial charge in [-0.1, -0.05) is 50.7 Å². The summed E-state index contributed by atoms with van der Waals surface area (Å²) in [5, 5.41) is 8.49. The van der Waals surface area contributed by atoms with E-state index in [2.05, 4.69) is 6.92 Å². The van der Waals surface area contributed by atoms with Gasteiger partial charge in [0.1, 0.15) is 0 Å². The molecule has 0 aromatic heterocycles. The summed E-state index contributed by atoms with van der Waals surface area (Å²) in [5.41, 5.74) is 1.22. The minimum atomic E-state index is -0.739. The Labute approximate surface area is 93.4 Å². The molecule has 0 saturated carbocycles. The highest BCUT2D eigenvalue weighted by Gasteiger charge is 1.95. The topological polar surface area (TPSA) is 37.3 Å². The van der Waals surface area contributed by atoms with E-state index in [1.54, 1.807) is 0 Å². The zero-order chi connectivity index (χ0) is 11.5. The molecule has 2 nitrogen and oxygen atoms in total. The van der Waals surface area contributed by atoms with Gasteiger partial charge >= 0.3 is 5.97 Å². The predicted octanol–water partition coefficient (Wildman–Crippen LogP) is 4.16. The molecule has 0 atom stereocenters. The third-order valence-electron chi connectivity index (χ3n) is 2.55. The zero-order valence-electron chi connectivity index (χ0n) is 10.1.